The third-order valence-corrected chi connectivity index (χ3v) is 6.25. The number of fused-ring (bicyclic) bond motifs is 1. The molecule has 0 aliphatic heterocycles. The lowest BCUT2D eigenvalue weighted by Gasteiger charge is -2.24. The van der Waals surface area contributed by atoms with Gasteiger partial charge in [0.15, 0.2) is 0 Å². The van der Waals surface area contributed by atoms with Crippen LogP contribution in [0.25, 0.3) is 16.6 Å². The fourth-order valence-electron chi connectivity index (χ4n) is 3.92. The molecule has 4 rings (SSSR count). The molecule has 0 bridgehead atoms. The molecule has 1 fully saturated rings. The Labute approximate surface area is 173 Å². The van der Waals surface area contributed by atoms with Gasteiger partial charge in [0.2, 0.25) is 0 Å². The van der Waals surface area contributed by atoms with Crippen LogP contribution in [-0.2, 0) is 0 Å². The van der Waals surface area contributed by atoms with Gasteiger partial charge in [-0.25, -0.2) is 4.52 Å². The van der Waals surface area contributed by atoms with Crippen molar-refractivity contribution in [2.45, 2.75) is 36.1 Å². The van der Waals surface area contributed by atoms with E-state index >= 15 is 0 Å². The standard InChI is InChI=1S/C22H21N5OS/c1-29-20-10-16(18-13-26-27-8-4-5-15(11-23)21(18)27)9-19(17(20)12-24)28-14-22(25)6-2-3-7-22/h4-5,8-10,13H,2-3,6-7,14,25H2,1H3. The third kappa shape index (κ3) is 3.55. The molecule has 1 aliphatic carbocycles. The highest BCUT2D eigenvalue weighted by Gasteiger charge is 2.30. The number of thioether (sulfide) groups is 1. The van der Waals surface area contributed by atoms with Gasteiger partial charge >= 0.3 is 0 Å². The number of benzene rings is 1. The maximum absolute atomic E-state index is 9.73. The topological polar surface area (TPSA) is 100 Å². The lowest BCUT2D eigenvalue weighted by Crippen LogP contribution is -2.42. The zero-order valence-corrected chi connectivity index (χ0v) is 17.0. The molecule has 0 saturated heterocycles. The number of rotatable bonds is 5. The van der Waals surface area contributed by atoms with E-state index in [1.54, 1.807) is 22.8 Å². The summed E-state index contributed by atoms with van der Waals surface area (Å²) in [6.45, 7) is 0.386. The highest BCUT2D eigenvalue weighted by molar-refractivity contribution is 7.98. The Morgan fingerprint density at radius 3 is 2.76 bits per heavy atom. The summed E-state index contributed by atoms with van der Waals surface area (Å²) in [5.74, 6) is 0.528. The minimum Gasteiger partial charge on any atom is -0.490 e. The van der Waals surface area contributed by atoms with Gasteiger partial charge in [0.05, 0.1) is 22.8 Å². The van der Waals surface area contributed by atoms with Crippen molar-refractivity contribution in [1.82, 2.24) is 9.61 Å². The summed E-state index contributed by atoms with van der Waals surface area (Å²) in [5.41, 5.74) is 9.61. The number of aromatic nitrogens is 2. The zero-order chi connectivity index (χ0) is 20.4. The maximum Gasteiger partial charge on any atom is 0.138 e. The van der Waals surface area contributed by atoms with E-state index in [1.165, 1.54) is 11.8 Å². The summed E-state index contributed by atoms with van der Waals surface area (Å²) >= 11 is 1.49. The van der Waals surface area contributed by atoms with Gasteiger partial charge in [-0.3, -0.25) is 0 Å². The molecule has 0 spiro atoms. The molecule has 0 unspecified atom stereocenters. The Balaban J connectivity index is 1.81. The number of hydrogen-bond donors (Lipinski definition) is 1. The predicted molar refractivity (Wildman–Crippen MR) is 113 cm³/mol. The van der Waals surface area contributed by atoms with Gasteiger partial charge in [-0.1, -0.05) is 12.8 Å². The van der Waals surface area contributed by atoms with E-state index in [0.29, 0.717) is 23.5 Å². The van der Waals surface area contributed by atoms with Crippen LogP contribution in [-0.4, -0.2) is 28.0 Å². The van der Waals surface area contributed by atoms with Crippen molar-refractivity contribution in [3.8, 4) is 29.0 Å². The first-order chi connectivity index (χ1) is 14.1. The Morgan fingerprint density at radius 1 is 1.28 bits per heavy atom. The van der Waals surface area contributed by atoms with Crippen LogP contribution < -0.4 is 10.5 Å². The summed E-state index contributed by atoms with van der Waals surface area (Å²) in [6, 6.07) is 11.9. The fraction of sp³-hybridized carbons (Fsp3) is 0.318. The largest absolute Gasteiger partial charge is 0.490 e. The molecule has 146 valence electrons. The molecule has 0 atom stereocenters. The normalized spacial score (nSPS) is 15.2. The SMILES string of the molecule is CSc1cc(-c2cnn3cccc(C#N)c23)cc(OCC2(N)CCCC2)c1C#N. The Kier molecular flexibility index (Phi) is 5.19. The number of nitrogens with zero attached hydrogens (tertiary/aromatic N) is 4. The minimum absolute atomic E-state index is 0.333. The molecular formula is C22H21N5OS. The van der Waals surface area contributed by atoms with Crippen LogP contribution in [0.1, 0.15) is 36.8 Å². The van der Waals surface area contributed by atoms with Crippen LogP contribution in [0.2, 0.25) is 0 Å². The van der Waals surface area contributed by atoms with Crippen molar-refractivity contribution in [1.29, 1.82) is 10.5 Å². The van der Waals surface area contributed by atoms with Crippen LogP contribution >= 0.6 is 11.8 Å². The molecule has 1 aromatic carbocycles. The molecule has 1 aliphatic rings. The minimum atomic E-state index is -0.333. The van der Waals surface area contributed by atoms with E-state index in [4.69, 9.17) is 10.5 Å². The molecule has 0 amide bonds. The van der Waals surface area contributed by atoms with Gasteiger partial charge in [-0.15, -0.1) is 11.8 Å². The van der Waals surface area contributed by atoms with Gasteiger partial charge in [0, 0.05) is 16.7 Å². The summed E-state index contributed by atoms with van der Waals surface area (Å²) in [7, 11) is 0. The van der Waals surface area contributed by atoms with Crippen molar-refractivity contribution < 1.29 is 4.74 Å². The molecule has 2 aromatic heterocycles. The predicted octanol–water partition coefficient (Wildman–Crippen LogP) is 4.12. The van der Waals surface area contributed by atoms with Crippen molar-refractivity contribution in [2.75, 3.05) is 12.9 Å². The monoisotopic (exact) mass is 403 g/mol. The van der Waals surface area contributed by atoms with E-state index < -0.39 is 0 Å². The van der Waals surface area contributed by atoms with Crippen LogP contribution in [0.5, 0.6) is 5.75 Å². The first kappa shape index (κ1) is 19.3. The van der Waals surface area contributed by atoms with E-state index in [0.717, 1.165) is 47.2 Å². The number of nitrogens with two attached hydrogens (primary N) is 1. The number of hydrogen-bond acceptors (Lipinski definition) is 6. The van der Waals surface area contributed by atoms with Gasteiger partial charge in [0.25, 0.3) is 0 Å². The Hall–Kier alpha value is -3.00. The first-order valence-corrected chi connectivity index (χ1v) is 10.7. The van der Waals surface area contributed by atoms with Crippen LogP contribution in [0.15, 0.2) is 41.6 Å². The molecule has 0 radical (unpaired) electrons. The van der Waals surface area contributed by atoms with Gasteiger partial charge < -0.3 is 10.5 Å². The van der Waals surface area contributed by atoms with Gasteiger partial charge in [-0.05, 0) is 48.9 Å². The quantitative estimate of drug-likeness (QED) is 0.643. The van der Waals surface area contributed by atoms with Gasteiger partial charge in [0.1, 0.15) is 30.1 Å². The summed E-state index contributed by atoms with van der Waals surface area (Å²) in [4.78, 5) is 0.825. The van der Waals surface area contributed by atoms with E-state index in [1.807, 2.05) is 24.6 Å². The average molecular weight is 404 g/mol. The molecule has 6 nitrogen and oxygen atoms in total. The summed E-state index contributed by atoms with van der Waals surface area (Å²) < 4.78 is 7.81. The first-order valence-electron chi connectivity index (χ1n) is 9.49. The van der Waals surface area contributed by atoms with Gasteiger partial charge in [-0.2, -0.15) is 15.6 Å². The highest BCUT2D eigenvalue weighted by Crippen LogP contribution is 2.37. The molecule has 3 aromatic rings. The van der Waals surface area contributed by atoms with E-state index in [9.17, 15) is 10.5 Å². The van der Waals surface area contributed by atoms with Crippen LogP contribution in [0.4, 0.5) is 0 Å². The zero-order valence-electron chi connectivity index (χ0n) is 16.2. The Morgan fingerprint density at radius 2 is 2.07 bits per heavy atom. The average Bonchev–Trinajstić information content (AvgIpc) is 3.38. The third-order valence-electron chi connectivity index (χ3n) is 5.48. The summed E-state index contributed by atoms with van der Waals surface area (Å²) in [5, 5.41) is 23.6. The molecule has 29 heavy (non-hydrogen) atoms. The number of nitriles is 2. The van der Waals surface area contributed by atoms with Crippen molar-refractivity contribution >= 4 is 17.3 Å². The van der Waals surface area contributed by atoms with Crippen LogP contribution in [0, 0.1) is 22.7 Å². The van der Waals surface area contributed by atoms with E-state index in [2.05, 4.69) is 17.2 Å². The lowest BCUT2D eigenvalue weighted by molar-refractivity contribution is 0.219. The second kappa shape index (κ2) is 7.79. The maximum atomic E-state index is 9.73. The molecule has 2 N–H and O–H groups in total. The fourth-order valence-corrected chi connectivity index (χ4v) is 4.52. The smallest absolute Gasteiger partial charge is 0.138 e. The molecule has 2 heterocycles. The van der Waals surface area contributed by atoms with Crippen molar-refractivity contribution in [3.63, 3.8) is 0 Å². The second-order valence-electron chi connectivity index (χ2n) is 7.41. The summed E-state index contributed by atoms with van der Waals surface area (Å²) in [6.07, 6.45) is 9.58. The van der Waals surface area contributed by atoms with Crippen LogP contribution in [0.3, 0.4) is 0 Å². The molecular weight excluding hydrogens is 382 g/mol. The number of ether oxygens (including phenoxy) is 1. The van der Waals surface area contributed by atoms with E-state index in [-0.39, 0.29) is 5.54 Å². The van der Waals surface area contributed by atoms with Crippen molar-refractivity contribution in [2.24, 2.45) is 5.73 Å². The second-order valence-corrected chi connectivity index (χ2v) is 8.25. The lowest BCUT2D eigenvalue weighted by atomic mass is 10.0. The number of pyridine rings is 1. The Bertz CT molecular complexity index is 1150. The molecule has 1 saturated carbocycles. The van der Waals surface area contributed by atoms with Crippen molar-refractivity contribution in [3.05, 3.63) is 47.8 Å². The highest BCUT2D eigenvalue weighted by atomic mass is 32.2. The molecule has 7 heteroatoms.